The first-order valence-corrected chi connectivity index (χ1v) is 11.3. The number of rotatable bonds is 6. The molecule has 4 rings (SSSR count). The Balaban J connectivity index is 0.00000272. The van der Waals surface area contributed by atoms with Crippen LogP contribution in [-0.2, 0) is 42.1 Å². The Morgan fingerprint density at radius 1 is 1.42 bits per heavy atom. The van der Waals surface area contributed by atoms with Crippen molar-refractivity contribution in [3.63, 3.8) is 0 Å². The van der Waals surface area contributed by atoms with Gasteiger partial charge in [0.25, 0.3) is 0 Å². The molecule has 2 aliphatic rings. The molecule has 9 nitrogen and oxygen atoms in total. The van der Waals surface area contributed by atoms with E-state index in [9.17, 15) is 4.79 Å². The number of ether oxygens (including phenoxy) is 1. The van der Waals surface area contributed by atoms with E-state index in [1.807, 2.05) is 9.58 Å². The molecule has 1 unspecified atom stereocenters. The fourth-order valence-corrected chi connectivity index (χ4v) is 4.85. The van der Waals surface area contributed by atoms with E-state index < -0.39 is 0 Å². The molecular formula is C20H30IN7O2S. The molecule has 0 saturated heterocycles. The Hall–Kier alpha value is -1.73. The molecule has 0 radical (unpaired) electrons. The van der Waals surface area contributed by atoms with Gasteiger partial charge in [0, 0.05) is 57.6 Å². The summed E-state index contributed by atoms with van der Waals surface area (Å²) < 4.78 is 7.07. The highest BCUT2D eigenvalue weighted by atomic mass is 127. The van der Waals surface area contributed by atoms with E-state index >= 15 is 0 Å². The van der Waals surface area contributed by atoms with Crippen LogP contribution in [-0.4, -0.2) is 64.8 Å². The summed E-state index contributed by atoms with van der Waals surface area (Å²) in [6.07, 6.45) is 3.25. The first-order chi connectivity index (χ1) is 14.7. The van der Waals surface area contributed by atoms with Crippen LogP contribution < -0.4 is 10.6 Å². The predicted octanol–water partition coefficient (Wildman–Crippen LogP) is 1.56. The number of carbonyl (C=O) groups is 1. The third-order valence-electron chi connectivity index (χ3n) is 5.53. The van der Waals surface area contributed by atoms with Crippen molar-refractivity contribution < 1.29 is 9.53 Å². The van der Waals surface area contributed by atoms with Gasteiger partial charge in [0.2, 0.25) is 5.91 Å². The number of methoxy groups -OCH3 is 1. The Kier molecular flexibility index (Phi) is 8.67. The number of nitrogens with one attached hydrogen (secondary N) is 2. The molecule has 11 heteroatoms. The summed E-state index contributed by atoms with van der Waals surface area (Å²) >= 11 is 1.79. The second kappa shape index (κ2) is 11.2. The number of amides is 1. The maximum atomic E-state index is 12.6. The van der Waals surface area contributed by atoms with Gasteiger partial charge in [-0.1, -0.05) is 0 Å². The van der Waals surface area contributed by atoms with E-state index in [1.165, 1.54) is 10.4 Å². The average Bonchev–Trinajstić information content (AvgIpc) is 3.38. The van der Waals surface area contributed by atoms with Crippen molar-refractivity contribution >= 4 is 47.2 Å². The first kappa shape index (κ1) is 23.9. The van der Waals surface area contributed by atoms with E-state index in [0.717, 1.165) is 50.5 Å². The van der Waals surface area contributed by atoms with E-state index in [1.54, 1.807) is 25.5 Å². The molecule has 0 spiro atoms. The molecule has 170 valence electrons. The number of hydrogen-bond donors (Lipinski definition) is 2. The summed E-state index contributed by atoms with van der Waals surface area (Å²) in [6, 6.07) is 2.35. The second-order valence-electron chi connectivity index (χ2n) is 7.62. The molecule has 0 bridgehead atoms. The third kappa shape index (κ3) is 5.95. The zero-order valence-electron chi connectivity index (χ0n) is 18.0. The minimum Gasteiger partial charge on any atom is -0.377 e. The number of halogens is 1. The minimum absolute atomic E-state index is 0. The van der Waals surface area contributed by atoms with Gasteiger partial charge >= 0.3 is 0 Å². The van der Waals surface area contributed by atoms with Crippen molar-refractivity contribution in [3.05, 3.63) is 33.5 Å². The smallest absolute Gasteiger partial charge is 0.224 e. The van der Waals surface area contributed by atoms with Crippen LogP contribution in [0.25, 0.3) is 0 Å². The second-order valence-corrected chi connectivity index (χ2v) is 8.62. The lowest BCUT2D eigenvalue weighted by molar-refractivity contribution is -0.131. The topological polar surface area (TPSA) is 96.7 Å². The van der Waals surface area contributed by atoms with Crippen LogP contribution in [0, 0.1) is 0 Å². The van der Waals surface area contributed by atoms with Crippen molar-refractivity contribution in [3.8, 4) is 0 Å². The van der Waals surface area contributed by atoms with Crippen molar-refractivity contribution in [2.45, 2.75) is 51.4 Å². The van der Waals surface area contributed by atoms with Gasteiger partial charge in [-0.3, -0.25) is 9.79 Å². The number of fused-ring (bicyclic) bond motifs is 2. The van der Waals surface area contributed by atoms with Gasteiger partial charge in [0.1, 0.15) is 12.4 Å². The van der Waals surface area contributed by atoms with E-state index in [-0.39, 0.29) is 35.9 Å². The SMILES string of the molecule is CN=C(NCCC(=O)N1CCc2sccc2C1)NC1CCc2nc(COC)nn2C1.I. The largest absolute Gasteiger partial charge is 0.377 e. The monoisotopic (exact) mass is 559 g/mol. The van der Waals surface area contributed by atoms with Crippen LogP contribution in [0.3, 0.4) is 0 Å². The highest BCUT2D eigenvalue weighted by Gasteiger charge is 2.23. The lowest BCUT2D eigenvalue weighted by Gasteiger charge is -2.27. The van der Waals surface area contributed by atoms with Crippen LogP contribution in [0.15, 0.2) is 16.4 Å². The van der Waals surface area contributed by atoms with E-state index in [4.69, 9.17) is 4.74 Å². The Morgan fingerprint density at radius 2 is 2.29 bits per heavy atom. The van der Waals surface area contributed by atoms with Crippen molar-refractivity contribution in [1.82, 2.24) is 30.3 Å². The first-order valence-electron chi connectivity index (χ1n) is 10.4. The molecule has 2 N–H and O–H groups in total. The van der Waals surface area contributed by atoms with Crippen molar-refractivity contribution in [1.29, 1.82) is 0 Å². The lowest BCUT2D eigenvalue weighted by Crippen LogP contribution is -2.47. The Morgan fingerprint density at radius 3 is 3.10 bits per heavy atom. The fraction of sp³-hybridized carbons (Fsp3) is 0.600. The molecule has 2 aromatic heterocycles. The number of thiophene rings is 1. The molecule has 0 fully saturated rings. The highest BCUT2D eigenvalue weighted by molar-refractivity contribution is 14.0. The summed E-state index contributed by atoms with van der Waals surface area (Å²) in [6.45, 7) is 3.28. The van der Waals surface area contributed by atoms with E-state index in [0.29, 0.717) is 25.5 Å². The van der Waals surface area contributed by atoms with Gasteiger partial charge < -0.3 is 20.3 Å². The Bertz CT molecular complexity index is 913. The number of hydrogen-bond acceptors (Lipinski definition) is 6. The van der Waals surface area contributed by atoms with E-state index in [2.05, 4.69) is 37.2 Å². The molecule has 0 aliphatic carbocycles. The van der Waals surface area contributed by atoms with Crippen LogP contribution >= 0.6 is 35.3 Å². The van der Waals surface area contributed by atoms with Gasteiger partial charge in [-0.15, -0.1) is 35.3 Å². The van der Waals surface area contributed by atoms with Gasteiger partial charge in [-0.05, 0) is 29.9 Å². The molecule has 2 aromatic rings. The fourth-order valence-electron chi connectivity index (χ4n) is 3.96. The summed E-state index contributed by atoms with van der Waals surface area (Å²) in [7, 11) is 3.40. The Labute approximate surface area is 203 Å². The summed E-state index contributed by atoms with van der Waals surface area (Å²) in [4.78, 5) is 24.8. The number of aliphatic imine (C=N–C) groups is 1. The lowest BCUT2D eigenvalue weighted by atomic mass is 10.1. The molecule has 31 heavy (non-hydrogen) atoms. The summed E-state index contributed by atoms with van der Waals surface area (Å²) in [5, 5.41) is 13.3. The van der Waals surface area contributed by atoms with Gasteiger partial charge in [-0.2, -0.15) is 5.10 Å². The molecule has 4 heterocycles. The number of aryl methyl sites for hydroxylation is 1. The molecule has 2 aliphatic heterocycles. The van der Waals surface area contributed by atoms with Crippen LogP contribution in [0.1, 0.15) is 34.9 Å². The highest BCUT2D eigenvalue weighted by Crippen LogP contribution is 2.24. The normalized spacial score (nSPS) is 18.1. The van der Waals surface area contributed by atoms with Gasteiger partial charge in [0.15, 0.2) is 11.8 Å². The van der Waals surface area contributed by atoms with Crippen LogP contribution in [0.4, 0.5) is 0 Å². The zero-order valence-corrected chi connectivity index (χ0v) is 21.1. The van der Waals surface area contributed by atoms with Gasteiger partial charge in [-0.25, -0.2) is 9.67 Å². The zero-order chi connectivity index (χ0) is 20.9. The molecular weight excluding hydrogens is 529 g/mol. The van der Waals surface area contributed by atoms with Crippen molar-refractivity contribution in [2.24, 2.45) is 4.99 Å². The maximum Gasteiger partial charge on any atom is 0.224 e. The molecule has 0 aromatic carbocycles. The van der Waals surface area contributed by atoms with Crippen LogP contribution in [0.2, 0.25) is 0 Å². The molecule has 1 atom stereocenters. The number of aromatic nitrogens is 3. The molecule has 0 saturated carbocycles. The predicted molar refractivity (Wildman–Crippen MR) is 131 cm³/mol. The van der Waals surface area contributed by atoms with Crippen molar-refractivity contribution in [2.75, 3.05) is 27.2 Å². The third-order valence-corrected chi connectivity index (χ3v) is 6.55. The quantitative estimate of drug-likeness (QED) is 0.317. The standard InChI is InChI=1S/C20H29N7O2S.HI/c1-21-20(23-15-3-4-18-24-17(13-29-2)25-27(18)12-15)22-8-5-19(28)26-9-6-16-14(11-26)7-10-30-16;/h7,10,15H,3-6,8-9,11-13H2,1-2H3,(H2,21,22,23);1H. The minimum atomic E-state index is 0. The average molecular weight is 559 g/mol. The number of nitrogens with zero attached hydrogens (tertiary/aromatic N) is 5. The maximum absolute atomic E-state index is 12.6. The number of guanidine groups is 1. The molecule has 1 amide bonds. The number of carbonyl (C=O) groups excluding carboxylic acids is 1. The summed E-state index contributed by atoms with van der Waals surface area (Å²) in [5.74, 6) is 2.63. The summed E-state index contributed by atoms with van der Waals surface area (Å²) in [5.41, 5.74) is 1.29. The van der Waals surface area contributed by atoms with Gasteiger partial charge in [0.05, 0.1) is 6.54 Å². The van der Waals surface area contributed by atoms with Crippen LogP contribution in [0.5, 0.6) is 0 Å².